The summed E-state index contributed by atoms with van der Waals surface area (Å²) >= 11 is 0. The van der Waals surface area contributed by atoms with Gasteiger partial charge in [-0.05, 0) is 55.4 Å². The van der Waals surface area contributed by atoms with Crippen molar-refractivity contribution in [2.75, 3.05) is 6.54 Å². The molecule has 1 aliphatic carbocycles. The van der Waals surface area contributed by atoms with Crippen LogP contribution >= 0.6 is 0 Å². The van der Waals surface area contributed by atoms with Crippen LogP contribution in [0.3, 0.4) is 0 Å². The Labute approximate surface area is 177 Å². The lowest BCUT2D eigenvalue weighted by atomic mass is 9.97. The smallest absolute Gasteiger partial charge is 0.247 e. The molecule has 1 atom stereocenters. The summed E-state index contributed by atoms with van der Waals surface area (Å²) in [5.74, 6) is -0.740. The fraction of sp³-hybridized carbons (Fsp3) is 0.360. The number of hydrogen-bond acceptors (Lipinski definition) is 2. The summed E-state index contributed by atoms with van der Waals surface area (Å²) in [7, 11) is 0. The van der Waals surface area contributed by atoms with Crippen LogP contribution in [0.5, 0.6) is 0 Å². The van der Waals surface area contributed by atoms with Crippen LogP contribution in [0.4, 0.5) is 4.39 Å². The van der Waals surface area contributed by atoms with Gasteiger partial charge in [-0.3, -0.25) is 9.59 Å². The molecule has 0 unspecified atom stereocenters. The lowest BCUT2D eigenvalue weighted by molar-refractivity contribution is -0.140. The molecule has 158 valence electrons. The van der Waals surface area contributed by atoms with Gasteiger partial charge in [0, 0.05) is 20.0 Å². The second kappa shape index (κ2) is 10.7. The zero-order valence-electron chi connectivity index (χ0n) is 17.4. The molecule has 3 rings (SSSR count). The zero-order chi connectivity index (χ0) is 21.3. The average Bonchev–Trinajstić information content (AvgIpc) is 2.76. The maximum Gasteiger partial charge on any atom is 0.247 e. The molecule has 0 spiro atoms. The number of allylic oxidation sites excluding steroid dienone is 1. The van der Waals surface area contributed by atoms with E-state index < -0.39 is 6.04 Å². The van der Waals surface area contributed by atoms with Gasteiger partial charge in [0.2, 0.25) is 11.8 Å². The summed E-state index contributed by atoms with van der Waals surface area (Å²) in [6.07, 6.45) is 7.78. The first kappa shape index (κ1) is 21.8. The van der Waals surface area contributed by atoms with Crippen LogP contribution in [0.2, 0.25) is 0 Å². The molecule has 30 heavy (non-hydrogen) atoms. The van der Waals surface area contributed by atoms with E-state index in [1.807, 2.05) is 30.3 Å². The Kier molecular flexibility index (Phi) is 7.77. The average molecular weight is 409 g/mol. The van der Waals surface area contributed by atoms with Crippen molar-refractivity contribution in [1.82, 2.24) is 10.2 Å². The number of carbonyl (C=O) groups excluding carboxylic acids is 2. The SMILES string of the molecule is CC(=O)N(Cc1ccc(F)cc1)[C@@H](C(=O)NCCC1=CCCCC1)c1ccccc1. The van der Waals surface area contributed by atoms with E-state index in [-0.39, 0.29) is 24.2 Å². The van der Waals surface area contributed by atoms with Crippen LogP contribution in [0.15, 0.2) is 66.2 Å². The van der Waals surface area contributed by atoms with E-state index in [9.17, 15) is 14.0 Å². The summed E-state index contributed by atoms with van der Waals surface area (Å²) < 4.78 is 13.3. The van der Waals surface area contributed by atoms with E-state index in [2.05, 4.69) is 11.4 Å². The van der Waals surface area contributed by atoms with E-state index in [0.717, 1.165) is 30.4 Å². The Morgan fingerprint density at radius 3 is 2.43 bits per heavy atom. The van der Waals surface area contributed by atoms with Crippen LogP contribution in [0.25, 0.3) is 0 Å². The third-order valence-electron chi connectivity index (χ3n) is 5.48. The highest BCUT2D eigenvalue weighted by Gasteiger charge is 2.29. The summed E-state index contributed by atoms with van der Waals surface area (Å²) in [4.78, 5) is 27.2. The fourth-order valence-electron chi connectivity index (χ4n) is 3.85. The van der Waals surface area contributed by atoms with Crippen molar-refractivity contribution in [3.8, 4) is 0 Å². The standard InChI is InChI=1S/C25H29FN2O2/c1-19(29)28(18-21-12-14-23(26)15-13-21)24(22-10-6-3-7-11-22)25(30)27-17-16-20-8-4-2-5-9-20/h3,6-8,10-15,24H,2,4-5,9,16-18H2,1H3,(H,27,30)/t24-/m1/s1. The number of rotatable bonds is 8. The molecule has 0 aliphatic heterocycles. The van der Waals surface area contributed by atoms with Gasteiger partial charge < -0.3 is 10.2 Å². The molecule has 4 nitrogen and oxygen atoms in total. The Balaban J connectivity index is 1.77. The van der Waals surface area contributed by atoms with Crippen molar-refractivity contribution >= 4 is 11.8 Å². The van der Waals surface area contributed by atoms with Gasteiger partial charge in [-0.2, -0.15) is 0 Å². The predicted octanol–water partition coefficient (Wildman–Crippen LogP) is 4.92. The highest BCUT2D eigenvalue weighted by atomic mass is 19.1. The molecule has 0 fully saturated rings. The first-order valence-corrected chi connectivity index (χ1v) is 10.6. The number of amides is 2. The van der Waals surface area contributed by atoms with Crippen LogP contribution in [-0.4, -0.2) is 23.3 Å². The van der Waals surface area contributed by atoms with E-state index in [0.29, 0.717) is 6.54 Å². The molecule has 0 heterocycles. The third-order valence-corrected chi connectivity index (χ3v) is 5.48. The zero-order valence-corrected chi connectivity index (χ0v) is 17.4. The molecule has 2 aromatic rings. The molecule has 1 N–H and O–H groups in total. The number of halogens is 1. The first-order chi connectivity index (χ1) is 14.5. The summed E-state index contributed by atoms with van der Waals surface area (Å²) in [6, 6.07) is 14.6. The molecule has 5 heteroatoms. The van der Waals surface area contributed by atoms with Crippen molar-refractivity contribution in [2.45, 2.75) is 51.6 Å². The quantitative estimate of drug-likeness (QED) is 0.630. The van der Waals surface area contributed by atoms with Gasteiger partial charge in [0.05, 0.1) is 0 Å². The third kappa shape index (κ3) is 6.02. The van der Waals surface area contributed by atoms with Crippen molar-refractivity contribution in [2.24, 2.45) is 0 Å². The van der Waals surface area contributed by atoms with Gasteiger partial charge >= 0.3 is 0 Å². The Bertz CT molecular complexity index is 878. The minimum atomic E-state index is -0.742. The molecule has 0 radical (unpaired) electrons. The second-order valence-corrected chi connectivity index (χ2v) is 7.74. The van der Waals surface area contributed by atoms with E-state index >= 15 is 0 Å². The van der Waals surface area contributed by atoms with Crippen LogP contribution in [0.1, 0.15) is 56.2 Å². The Hall–Kier alpha value is -2.95. The van der Waals surface area contributed by atoms with Gasteiger partial charge in [0.15, 0.2) is 0 Å². The highest BCUT2D eigenvalue weighted by Crippen LogP contribution is 2.24. The number of carbonyl (C=O) groups is 2. The monoisotopic (exact) mass is 408 g/mol. The van der Waals surface area contributed by atoms with Crippen molar-refractivity contribution in [1.29, 1.82) is 0 Å². The molecular formula is C25H29FN2O2. The molecule has 0 aromatic heterocycles. The fourth-order valence-corrected chi connectivity index (χ4v) is 3.85. The van der Waals surface area contributed by atoms with Gasteiger partial charge in [-0.1, -0.05) is 54.1 Å². The highest BCUT2D eigenvalue weighted by molar-refractivity contribution is 5.88. The Morgan fingerprint density at radius 1 is 1.07 bits per heavy atom. The first-order valence-electron chi connectivity index (χ1n) is 10.6. The molecule has 2 aromatic carbocycles. The minimum absolute atomic E-state index is 0.199. The van der Waals surface area contributed by atoms with Crippen molar-refractivity contribution < 1.29 is 14.0 Å². The summed E-state index contributed by atoms with van der Waals surface area (Å²) in [5.41, 5.74) is 2.92. The number of benzene rings is 2. The van der Waals surface area contributed by atoms with Gasteiger partial charge in [-0.15, -0.1) is 0 Å². The molecule has 1 aliphatic rings. The maximum absolute atomic E-state index is 13.3. The topological polar surface area (TPSA) is 49.4 Å². The molecule has 0 saturated heterocycles. The minimum Gasteiger partial charge on any atom is -0.354 e. The maximum atomic E-state index is 13.3. The van der Waals surface area contributed by atoms with Gasteiger partial charge in [0.25, 0.3) is 0 Å². The van der Waals surface area contributed by atoms with Gasteiger partial charge in [-0.25, -0.2) is 4.39 Å². The Morgan fingerprint density at radius 2 is 1.80 bits per heavy atom. The van der Waals surface area contributed by atoms with Crippen LogP contribution < -0.4 is 5.32 Å². The predicted molar refractivity (Wildman–Crippen MR) is 116 cm³/mol. The molecule has 2 amide bonds. The lowest BCUT2D eigenvalue weighted by Gasteiger charge is -2.30. The van der Waals surface area contributed by atoms with E-state index in [1.165, 1.54) is 42.4 Å². The van der Waals surface area contributed by atoms with Crippen LogP contribution in [-0.2, 0) is 16.1 Å². The van der Waals surface area contributed by atoms with E-state index in [1.54, 1.807) is 12.1 Å². The number of nitrogens with zero attached hydrogens (tertiary/aromatic N) is 1. The van der Waals surface area contributed by atoms with Crippen molar-refractivity contribution in [3.05, 3.63) is 83.2 Å². The number of hydrogen-bond donors (Lipinski definition) is 1. The number of nitrogens with one attached hydrogen (secondary N) is 1. The summed E-state index contributed by atoms with van der Waals surface area (Å²) in [6.45, 7) is 2.24. The van der Waals surface area contributed by atoms with Gasteiger partial charge in [0.1, 0.15) is 11.9 Å². The second-order valence-electron chi connectivity index (χ2n) is 7.74. The molecule has 0 saturated carbocycles. The van der Waals surface area contributed by atoms with Crippen LogP contribution in [0, 0.1) is 5.82 Å². The molecular weight excluding hydrogens is 379 g/mol. The van der Waals surface area contributed by atoms with E-state index in [4.69, 9.17) is 0 Å². The molecule has 0 bridgehead atoms. The van der Waals surface area contributed by atoms with Crippen molar-refractivity contribution in [3.63, 3.8) is 0 Å². The normalized spacial score (nSPS) is 14.5. The largest absolute Gasteiger partial charge is 0.354 e. The lowest BCUT2D eigenvalue weighted by Crippen LogP contribution is -2.42. The summed E-state index contributed by atoms with van der Waals surface area (Å²) in [5, 5.41) is 3.03.